The Balaban J connectivity index is 2.86. The van der Waals surface area contributed by atoms with Gasteiger partial charge in [-0.05, 0) is 36.6 Å². The normalized spacial score (nSPS) is 10.9. The highest BCUT2D eigenvalue weighted by atomic mass is 35.5. The smallest absolute Gasteiger partial charge is 0.127 e. The molecule has 0 radical (unpaired) electrons. The van der Waals surface area contributed by atoms with Gasteiger partial charge in [-0.15, -0.1) is 0 Å². The molecule has 0 unspecified atom stereocenters. The highest BCUT2D eigenvalue weighted by Gasteiger charge is 2.07. The molecule has 0 amide bonds. The van der Waals surface area contributed by atoms with Gasteiger partial charge in [0.05, 0.1) is 10.5 Å². The number of nitrogens with two attached hydrogens (primary N) is 1. The summed E-state index contributed by atoms with van der Waals surface area (Å²) in [7, 11) is 0. The van der Waals surface area contributed by atoms with E-state index in [4.69, 9.17) is 17.3 Å². The maximum atomic E-state index is 6.08. The van der Waals surface area contributed by atoms with Crippen LogP contribution in [-0.4, -0.2) is 4.98 Å². The molecule has 1 aromatic heterocycles. The summed E-state index contributed by atoms with van der Waals surface area (Å²) in [5.41, 5.74) is 8.90. The van der Waals surface area contributed by atoms with E-state index in [0.717, 1.165) is 22.9 Å². The van der Waals surface area contributed by atoms with Crippen molar-refractivity contribution >= 4 is 28.3 Å². The minimum atomic E-state index is 0.581. The van der Waals surface area contributed by atoms with Crippen molar-refractivity contribution in [1.82, 2.24) is 4.98 Å². The molecule has 1 aromatic carbocycles. The maximum Gasteiger partial charge on any atom is 0.127 e. The minimum absolute atomic E-state index is 0.581. The topological polar surface area (TPSA) is 38.9 Å². The average molecular weight is 221 g/mol. The van der Waals surface area contributed by atoms with E-state index in [9.17, 15) is 0 Å². The fourth-order valence-electron chi connectivity index (χ4n) is 1.70. The van der Waals surface area contributed by atoms with Crippen LogP contribution in [0.2, 0.25) is 5.02 Å². The van der Waals surface area contributed by atoms with E-state index < -0.39 is 0 Å². The van der Waals surface area contributed by atoms with E-state index >= 15 is 0 Å². The second kappa shape index (κ2) is 3.70. The molecule has 3 heteroatoms. The first-order chi connectivity index (χ1) is 7.13. The standard InChI is InChI=1S/C12H13ClN2/c1-3-8-6-9-7(2)4-5-10(13)11(9)15-12(8)14/h4-6H,3H2,1-2H3,(H2,14,15). The van der Waals surface area contributed by atoms with E-state index in [1.54, 1.807) is 0 Å². The van der Waals surface area contributed by atoms with Gasteiger partial charge in [-0.25, -0.2) is 4.98 Å². The third kappa shape index (κ3) is 1.65. The molecule has 2 N–H and O–H groups in total. The van der Waals surface area contributed by atoms with Crippen LogP contribution in [0, 0.1) is 6.92 Å². The lowest BCUT2D eigenvalue weighted by Gasteiger charge is -2.08. The summed E-state index contributed by atoms with van der Waals surface area (Å²) >= 11 is 6.08. The van der Waals surface area contributed by atoms with Crippen LogP contribution in [0.15, 0.2) is 18.2 Å². The molecule has 2 rings (SSSR count). The number of rotatable bonds is 1. The summed E-state index contributed by atoms with van der Waals surface area (Å²) in [5, 5.41) is 1.75. The molecule has 15 heavy (non-hydrogen) atoms. The summed E-state index contributed by atoms with van der Waals surface area (Å²) in [6, 6.07) is 5.94. The fourth-order valence-corrected chi connectivity index (χ4v) is 1.91. The van der Waals surface area contributed by atoms with Crippen molar-refractivity contribution in [3.05, 3.63) is 34.3 Å². The molecule has 0 spiro atoms. The number of halogens is 1. The van der Waals surface area contributed by atoms with Gasteiger partial charge in [0.2, 0.25) is 0 Å². The van der Waals surface area contributed by atoms with Gasteiger partial charge in [0.25, 0.3) is 0 Å². The van der Waals surface area contributed by atoms with Crippen LogP contribution in [0.25, 0.3) is 10.9 Å². The SMILES string of the molecule is CCc1cc2c(C)ccc(Cl)c2nc1N. The number of fused-ring (bicyclic) bond motifs is 1. The molecule has 78 valence electrons. The zero-order chi connectivity index (χ0) is 11.0. The summed E-state index contributed by atoms with van der Waals surface area (Å²) in [6.07, 6.45) is 0.890. The third-order valence-electron chi connectivity index (χ3n) is 2.65. The molecule has 0 saturated carbocycles. The van der Waals surface area contributed by atoms with Gasteiger partial charge in [0.15, 0.2) is 0 Å². The lowest BCUT2D eigenvalue weighted by atomic mass is 10.1. The maximum absolute atomic E-state index is 6.08. The molecular formula is C12H13ClN2. The molecule has 0 aliphatic heterocycles. The van der Waals surface area contributed by atoms with Gasteiger partial charge in [0, 0.05) is 5.39 Å². The number of benzene rings is 1. The van der Waals surface area contributed by atoms with Crippen molar-refractivity contribution in [3.63, 3.8) is 0 Å². The van der Waals surface area contributed by atoms with Crippen molar-refractivity contribution in [2.75, 3.05) is 5.73 Å². The molecule has 1 heterocycles. The highest BCUT2D eigenvalue weighted by molar-refractivity contribution is 6.35. The number of hydrogen-bond acceptors (Lipinski definition) is 2. The molecule has 2 aromatic rings. The Morgan fingerprint density at radius 2 is 2.13 bits per heavy atom. The highest BCUT2D eigenvalue weighted by Crippen LogP contribution is 2.27. The Kier molecular flexibility index (Phi) is 2.53. The van der Waals surface area contributed by atoms with E-state index in [1.807, 2.05) is 12.1 Å². The van der Waals surface area contributed by atoms with Gasteiger partial charge in [-0.3, -0.25) is 0 Å². The molecule has 0 atom stereocenters. The van der Waals surface area contributed by atoms with Gasteiger partial charge in [0.1, 0.15) is 5.82 Å². The van der Waals surface area contributed by atoms with E-state index in [2.05, 4.69) is 24.9 Å². The van der Waals surface area contributed by atoms with Crippen molar-refractivity contribution in [1.29, 1.82) is 0 Å². The van der Waals surface area contributed by atoms with Crippen LogP contribution < -0.4 is 5.73 Å². The van der Waals surface area contributed by atoms with Crippen molar-refractivity contribution in [2.45, 2.75) is 20.3 Å². The number of nitrogen functional groups attached to an aromatic ring is 1. The summed E-state index contributed by atoms with van der Waals surface area (Å²) in [4.78, 5) is 4.35. The Labute approximate surface area is 94.1 Å². The van der Waals surface area contributed by atoms with Crippen LogP contribution in [0.4, 0.5) is 5.82 Å². The monoisotopic (exact) mass is 220 g/mol. The van der Waals surface area contributed by atoms with Gasteiger partial charge < -0.3 is 5.73 Å². The molecule has 0 aliphatic rings. The zero-order valence-electron chi connectivity index (χ0n) is 8.84. The summed E-state index contributed by atoms with van der Waals surface area (Å²) in [5.74, 6) is 0.581. The molecule has 0 fully saturated rings. The minimum Gasteiger partial charge on any atom is -0.383 e. The van der Waals surface area contributed by atoms with Crippen molar-refractivity contribution in [2.24, 2.45) is 0 Å². The fraction of sp³-hybridized carbons (Fsp3) is 0.250. The molecular weight excluding hydrogens is 208 g/mol. The second-order valence-corrected chi connectivity index (χ2v) is 4.05. The number of hydrogen-bond donors (Lipinski definition) is 1. The number of nitrogens with zero attached hydrogens (tertiary/aromatic N) is 1. The van der Waals surface area contributed by atoms with Crippen LogP contribution in [0.1, 0.15) is 18.1 Å². The predicted octanol–water partition coefficient (Wildman–Crippen LogP) is 3.34. The molecule has 0 aliphatic carbocycles. The number of anilines is 1. The number of aromatic nitrogens is 1. The average Bonchev–Trinajstić information content (AvgIpc) is 2.23. The predicted molar refractivity (Wildman–Crippen MR) is 65.3 cm³/mol. The quantitative estimate of drug-likeness (QED) is 0.801. The van der Waals surface area contributed by atoms with E-state index in [0.29, 0.717) is 10.8 Å². The van der Waals surface area contributed by atoms with Crippen molar-refractivity contribution in [3.8, 4) is 0 Å². The van der Waals surface area contributed by atoms with E-state index in [1.165, 1.54) is 5.56 Å². The first kappa shape index (κ1) is 10.2. The Bertz CT molecular complexity index is 521. The molecule has 2 nitrogen and oxygen atoms in total. The van der Waals surface area contributed by atoms with Gasteiger partial charge >= 0.3 is 0 Å². The Morgan fingerprint density at radius 3 is 2.80 bits per heavy atom. The van der Waals surface area contributed by atoms with Gasteiger partial charge in [-0.2, -0.15) is 0 Å². The molecule has 0 saturated heterocycles. The first-order valence-corrected chi connectivity index (χ1v) is 5.35. The van der Waals surface area contributed by atoms with Crippen LogP contribution in [-0.2, 0) is 6.42 Å². The Morgan fingerprint density at radius 1 is 1.40 bits per heavy atom. The second-order valence-electron chi connectivity index (χ2n) is 3.65. The molecule has 0 bridgehead atoms. The lowest BCUT2D eigenvalue weighted by Crippen LogP contribution is -1.98. The van der Waals surface area contributed by atoms with Crippen LogP contribution >= 0.6 is 11.6 Å². The largest absolute Gasteiger partial charge is 0.383 e. The zero-order valence-corrected chi connectivity index (χ0v) is 9.60. The Hall–Kier alpha value is -1.28. The first-order valence-electron chi connectivity index (χ1n) is 4.97. The number of pyridine rings is 1. The number of aryl methyl sites for hydroxylation is 2. The van der Waals surface area contributed by atoms with E-state index in [-0.39, 0.29) is 0 Å². The van der Waals surface area contributed by atoms with Crippen LogP contribution in [0.3, 0.4) is 0 Å². The van der Waals surface area contributed by atoms with Crippen LogP contribution in [0.5, 0.6) is 0 Å². The van der Waals surface area contributed by atoms with Gasteiger partial charge in [-0.1, -0.05) is 24.6 Å². The summed E-state index contributed by atoms with van der Waals surface area (Å²) in [6.45, 7) is 4.12. The third-order valence-corrected chi connectivity index (χ3v) is 2.95. The lowest BCUT2D eigenvalue weighted by molar-refractivity contribution is 1.13. The van der Waals surface area contributed by atoms with Crippen molar-refractivity contribution < 1.29 is 0 Å². The summed E-state index contributed by atoms with van der Waals surface area (Å²) < 4.78 is 0.